The highest BCUT2D eigenvalue weighted by molar-refractivity contribution is 5.97. The van der Waals surface area contributed by atoms with Crippen molar-refractivity contribution in [3.63, 3.8) is 0 Å². The molecule has 0 aliphatic heterocycles. The molecular weight excluding hydrogens is 273 g/mol. The first-order chi connectivity index (χ1) is 10.1. The van der Waals surface area contributed by atoms with Crippen molar-refractivity contribution < 1.29 is 19.4 Å². The number of carbonyl (C=O) groups excluding carboxylic acids is 1. The average molecular weight is 287 g/mol. The first-order valence-electron chi connectivity index (χ1n) is 6.61. The number of benzene rings is 2. The van der Waals surface area contributed by atoms with Crippen LogP contribution in [0.1, 0.15) is 27.5 Å². The van der Waals surface area contributed by atoms with Gasteiger partial charge in [-0.2, -0.15) is 0 Å². The van der Waals surface area contributed by atoms with Crippen LogP contribution in [0.2, 0.25) is 0 Å². The van der Waals surface area contributed by atoms with Crippen molar-refractivity contribution in [1.29, 1.82) is 0 Å². The van der Waals surface area contributed by atoms with E-state index in [-0.39, 0.29) is 5.56 Å². The third kappa shape index (κ3) is 2.48. The lowest BCUT2D eigenvalue weighted by Gasteiger charge is -2.18. The molecule has 0 bridgehead atoms. The minimum Gasteiger partial charge on any atom is -0.507 e. The Morgan fingerprint density at radius 2 is 2.00 bits per heavy atom. The van der Waals surface area contributed by atoms with Crippen LogP contribution in [0.25, 0.3) is 0 Å². The van der Waals surface area contributed by atoms with E-state index in [2.05, 4.69) is 5.32 Å². The van der Waals surface area contributed by atoms with Gasteiger partial charge in [0.2, 0.25) is 0 Å². The second-order valence-corrected chi connectivity index (χ2v) is 5.08. The summed E-state index contributed by atoms with van der Waals surface area (Å²) in [5.41, 5.74) is 1.83. The van der Waals surface area contributed by atoms with Gasteiger partial charge in [-0.3, -0.25) is 4.79 Å². The molecule has 2 aromatic carbocycles. The first kappa shape index (κ1) is 13.6. The highest BCUT2D eigenvalue weighted by Gasteiger charge is 2.32. The Morgan fingerprint density at radius 1 is 1.24 bits per heavy atom. The summed E-state index contributed by atoms with van der Waals surface area (Å²) in [5, 5.41) is 22.4. The van der Waals surface area contributed by atoms with Gasteiger partial charge >= 0.3 is 0 Å². The Hall–Kier alpha value is -2.40. The molecule has 4 nitrogen and oxygen atoms in total. The van der Waals surface area contributed by atoms with E-state index in [0.29, 0.717) is 6.42 Å². The molecule has 1 aliphatic carbocycles. The fourth-order valence-electron chi connectivity index (χ4n) is 2.66. The van der Waals surface area contributed by atoms with Gasteiger partial charge in [0.1, 0.15) is 11.6 Å². The summed E-state index contributed by atoms with van der Waals surface area (Å²) in [5.74, 6) is -1.59. The van der Waals surface area contributed by atoms with Crippen LogP contribution in [0, 0.1) is 5.82 Å². The van der Waals surface area contributed by atoms with Gasteiger partial charge in [-0.1, -0.05) is 24.3 Å². The number of aromatic hydroxyl groups is 1. The Balaban J connectivity index is 1.85. The van der Waals surface area contributed by atoms with E-state index in [4.69, 9.17) is 0 Å². The molecule has 21 heavy (non-hydrogen) atoms. The number of halogens is 1. The van der Waals surface area contributed by atoms with Gasteiger partial charge in [-0.05, 0) is 23.3 Å². The zero-order valence-corrected chi connectivity index (χ0v) is 11.1. The SMILES string of the molecule is O=C(N[C@H]1c2ccccc2C[C@H]1O)c1ccc(F)cc1O. The lowest BCUT2D eigenvalue weighted by molar-refractivity contribution is 0.0855. The molecule has 0 aromatic heterocycles. The Bertz CT molecular complexity index is 702. The normalized spacial score (nSPS) is 20.1. The van der Waals surface area contributed by atoms with Crippen molar-refractivity contribution in [2.75, 3.05) is 0 Å². The molecular formula is C16H14FNO3. The largest absolute Gasteiger partial charge is 0.507 e. The Morgan fingerprint density at radius 3 is 2.76 bits per heavy atom. The molecule has 0 saturated carbocycles. The van der Waals surface area contributed by atoms with Gasteiger partial charge in [0.05, 0.1) is 17.7 Å². The van der Waals surface area contributed by atoms with Gasteiger partial charge in [0.25, 0.3) is 5.91 Å². The smallest absolute Gasteiger partial charge is 0.255 e. The summed E-state index contributed by atoms with van der Waals surface area (Å²) in [4.78, 5) is 12.2. The minimum absolute atomic E-state index is 0.0204. The van der Waals surface area contributed by atoms with E-state index in [1.165, 1.54) is 6.07 Å². The van der Waals surface area contributed by atoms with Gasteiger partial charge in [-0.15, -0.1) is 0 Å². The van der Waals surface area contributed by atoms with Crippen LogP contribution in [0.15, 0.2) is 42.5 Å². The summed E-state index contributed by atoms with van der Waals surface area (Å²) >= 11 is 0. The molecule has 0 radical (unpaired) electrons. The summed E-state index contributed by atoms with van der Waals surface area (Å²) in [7, 11) is 0. The highest BCUT2D eigenvalue weighted by Crippen LogP contribution is 2.31. The van der Waals surface area contributed by atoms with Gasteiger partial charge in [-0.25, -0.2) is 4.39 Å². The van der Waals surface area contributed by atoms with Crippen molar-refractivity contribution in [3.8, 4) is 5.75 Å². The fourth-order valence-corrected chi connectivity index (χ4v) is 2.66. The van der Waals surface area contributed by atoms with Gasteiger partial charge < -0.3 is 15.5 Å². The summed E-state index contributed by atoms with van der Waals surface area (Å²) in [6.45, 7) is 0. The molecule has 0 heterocycles. The number of fused-ring (bicyclic) bond motifs is 1. The standard InChI is InChI=1S/C16H14FNO3/c17-10-5-6-12(13(19)8-10)16(21)18-15-11-4-2-1-3-9(11)7-14(15)20/h1-6,8,14-15,19-20H,7H2,(H,18,21)/t14-,15+/m1/s1. The Kier molecular flexibility index (Phi) is 3.35. The number of rotatable bonds is 2. The lowest BCUT2D eigenvalue weighted by Crippen LogP contribution is -2.33. The molecule has 1 amide bonds. The molecule has 2 atom stereocenters. The van der Waals surface area contributed by atoms with Crippen LogP contribution in [-0.4, -0.2) is 22.2 Å². The molecule has 0 spiro atoms. The molecule has 2 aromatic rings. The van der Waals surface area contributed by atoms with Crippen LogP contribution in [-0.2, 0) is 6.42 Å². The number of hydrogen-bond donors (Lipinski definition) is 3. The molecule has 1 aliphatic rings. The summed E-state index contributed by atoms with van der Waals surface area (Å²) in [6, 6.07) is 10.1. The van der Waals surface area contributed by atoms with E-state index < -0.39 is 29.6 Å². The maximum Gasteiger partial charge on any atom is 0.255 e. The second kappa shape index (κ2) is 5.18. The van der Waals surface area contributed by atoms with E-state index >= 15 is 0 Å². The molecule has 5 heteroatoms. The highest BCUT2D eigenvalue weighted by atomic mass is 19.1. The van der Waals surface area contributed by atoms with Crippen LogP contribution in [0.4, 0.5) is 4.39 Å². The molecule has 3 rings (SSSR count). The van der Waals surface area contributed by atoms with Crippen LogP contribution in [0.5, 0.6) is 5.75 Å². The number of hydrogen-bond acceptors (Lipinski definition) is 3. The molecule has 0 unspecified atom stereocenters. The van der Waals surface area contributed by atoms with E-state index in [9.17, 15) is 19.4 Å². The third-order valence-electron chi connectivity index (χ3n) is 3.69. The molecule has 0 fully saturated rings. The van der Waals surface area contributed by atoms with Crippen molar-refractivity contribution in [2.45, 2.75) is 18.6 Å². The quantitative estimate of drug-likeness (QED) is 0.790. The van der Waals surface area contributed by atoms with Crippen molar-refractivity contribution in [3.05, 3.63) is 65.0 Å². The second-order valence-electron chi connectivity index (χ2n) is 5.08. The number of amides is 1. The number of phenols is 1. The monoisotopic (exact) mass is 287 g/mol. The van der Waals surface area contributed by atoms with Crippen molar-refractivity contribution >= 4 is 5.91 Å². The maximum absolute atomic E-state index is 12.9. The zero-order valence-electron chi connectivity index (χ0n) is 11.1. The number of carbonyl (C=O) groups is 1. The number of nitrogens with one attached hydrogen (secondary N) is 1. The van der Waals surface area contributed by atoms with E-state index in [0.717, 1.165) is 23.3 Å². The predicted octanol–water partition coefficient (Wildman–Crippen LogP) is 1.92. The van der Waals surface area contributed by atoms with E-state index in [1.807, 2.05) is 24.3 Å². The maximum atomic E-state index is 12.9. The molecule has 108 valence electrons. The average Bonchev–Trinajstić information content (AvgIpc) is 2.75. The number of aliphatic hydroxyl groups excluding tert-OH is 1. The van der Waals surface area contributed by atoms with Gasteiger partial charge in [0, 0.05) is 12.5 Å². The molecule has 0 saturated heterocycles. The predicted molar refractivity (Wildman–Crippen MR) is 74.4 cm³/mol. The summed E-state index contributed by atoms with van der Waals surface area (Å²) < 4.78 is 12.9. The third-order valence-corrected chi connectivity index (χ3v) is 3.69. The van der Waals surface area contributed by atoms with Crippen molar-refractivity contribution in [2.24, 2.45) is 0 Å². The van der Waals surface area contributed by atoms with E-state index in [1.54, 1.807) is 0 Å². The summed E-state index contributed by atoms with van der Waals surface area (Å²) in [6.07, 6.45) is -0.245. The number of aliphatic hydroxyl groups is 1. The zero-order chi connectivity index (χ0) is 15.0. The first-order valence-corrected chi connectivity index (χ1v) is 6.61. The lowest BCUT2D eigenvalue weighted by atomic mass is 10.1. The van der Waals surface area contributed by atoms with Crippen LogP contribution in [0.3, 0.4) is 0 Å². The Labute approximate surface area is 120 Å². The van der Waals surface area contributed by atoms with Gasteiger partial charge in [0.15, 0.2) is 0 Å². The van der Waals surface area contributed by atoms with Crippen LogP contribution >= 0.6 is 0 Å². The van der Waals surface area contributed by atoms with Crippen molar-refractivity contribution in [1.82, 2.24) is 5.32 Å². The molecule has 3 N–H and O–H groups in total. The van der Waals surface area contributed by atoms with Crippen LogP contribution < -0.4 is 5.32 Å². The fraction of sp³-hybridized carbons (Fsp3) is 0.188. The number of phenolic OH excluding ortho intramolecular Hbond substituents is 1. The topological polar surface area (TPSA) is 69.6 Å². The minimum atomic E-state index is -0.714.